The van der Waals surface area contributed by atoms with Crippen molar-refractivity contribution in [1.29, 1.82) is 0 Å². The minimum atomic E-state index is -0.0814. The van der Waals surface area contributed by atoms with Crippen LogP contribution in [0.4, 0.5) is 0 Å². The summed E-state index contributed by atoms with van der Waals surface area (Å²) < 4.78 is 5.69. The van der Waals surface area contributed by atoms with Crippen molar-refractivity contribution in [3.8, 4) is 0 Å². The number of ether oxygens (including phenoxy) is 1. The molecule has 0 fully saturated rings. The molecule has 1 heterocycles. The van der Waals surface area contributed by atoms with Crippen LogP contribution >= 0.6 is 11.6 Å². The van der Waals surface area contributed by atoms with E-state index >= 15 is 0 Å². The molecule has 0 spiro atoms. The van der Waals surface area contributed by atoms with Gasteiger partial charge in [-0.25, -0.2) is 9.97 Å². The van der Waals surface area contributed by atoms with Crippen molar-refractivity contribution >= 4 is 11.6 Å². The number of hydrogen-bond donors (Lipinski definition) is 0. The van der Waals surface area contributed by atoms with Gasteiger partial charge in [-0.15, -0.1) is 0 Å². The predicted molar refractivity (Wildman–Crippen MR) is 70.4 cm³/mol. The highest BCUT2D eigenvalue weighted by Gasteiger charge is 2.21. The SMILES string of the molecule is CCOC(c1nc(C)c(CC)c(Cl)n1)C(C)C. The standard InChI is InChI=1S/C13H21ClN2O/c1-6-10-9(5)15-13(16-12(10)14)11(8(3)4)17-7-2/h8,11H,6-7H2,1-5H3. The van der Waals surface area contributed by atoms with Crippen LogP contribution in [0.25, 0.3) is 0 Å². The van der Waals surface area contributed by atoms with Crippen molar-refractivity contribution in [3.63, 3.8) is 0 Å². The van der Waals surface area contributed by atoms with Crippen molar-refractivity contribution in [1.82, 2.24) is 9.97 Å². The molecular weight excluding hydrogens is 236 g/mol. The summed E-state index contributed by atoms with van der Waals surface area (Å²) in [6, 6.07) is 0. The molecular formula is C13H21ClN2O. The van der Waals surface area contributed by atoms with Crippen LogP contribution in [0.2, 0.25) is 5.15 Å². The molecule has 0 aliphatic rings. The van der Waals surface area contributed by atoms with E-state index in [4.69, 9.17) is 16.3 Å². The van der Waals surface area contributed by atoms with E-state index in [9.17, 15) is 0 Å². The van der Waals surface area contributed by atoms with Gasteiger partial charge in [-0.2, -0.15) is 0 Å². The number of halogens is 1. The fourth-order valence-corrected chi connectivity index (χ4v) is 2.21. The average molecular weight is 257 g/mol. The summed E-state index contributed by atoms with van der Waals surface area (Å²) in [4.78, 5) is 8.90. The number of aryl methyl sites for hydroxylation is 1. The highest BCUT2D eigenvalue weighted by molar-refractivity contribution is 6.30. The molecule has 0 aliphatic heterocycles. The van der Waals surface area contributed by atoms with Crippen LogP contribution in [-0.4, -0.2) is 16.6 Å². The Labute approximate surface area is 109 Å². The maximum Gasteiger partial charge on any atom is 0.159 e. The monoisotopic (exact) mass is 256 g/mol. The second kappa shape index (κ2) is 6.31. The first-order valence-electron chi connectivity index (χ1n) is 6.15. The third kappa shape index (κ3) is 3.39. The number of rotatable bonds is 5. The van der Waals surface area contributed by atoms with Gasteiger partial charge in [0.2, 0.25) is 0 Å². The van der Waals surface area contributed by atoms with E-state index < -0.39 is 0 Å². The quantitative estimate of drug-likeness (QED) is 0.753. The van der Waals surface area contributed by atoms with Crippen LogP contribution in [0.15, 0.2) is 0 Å². The van der Waals surface area contributed by atoms with Gasteiger partial charge < -0.3 is 4.74 Å². The molecule has 1 aromatic heterocycles. The molecule has 0 aromatic carbocycles. The molecule has 0 saturated carbocycles. The van der Waals surface area contributed by atoms with Gasteiger partial charge in [-0.05, 0) is 26.2 Å². The van der Waals surface area contributed by atoms with E-state index in [-0.39, 0.29) is 6.10 Å². The van der Waals surface area contributed by atoms with Gasteiger partial charge in [0.1, 0.15) is 11.3 Å². The van der Waals surface area contributed by atoms with Crippen molar-refractivity contribution in [2.45, 2.75) is 47.1 Å². The molecule has 0 radical (unpaired) electrons. The van der Waals surface area contributed by atoms with E-state index in [1.807, 2.05) is 13.8 Å². The van der Waals surface area contributed by atoms with Crippen molar-refractivity contribution in [2.24, 2.45) is 5.92 Å². The molecule has 1 aromatic rings. The molecule has 0 aliphatic carbocycles. The highest BCUT2D eigenvalue weighted by atomic mass is 35.5. The van der Waals surface area contributed by atoms with E-state index in [2.05, 4.69) is 30.7 Å². The Morgan fingerprint density at radius 1 is 1.24 bits per heavy atom. The van der Waals surface area contributed by atoms with Crippen molar-refractivity contribution < 1.29 is 4.74 Å². The minimum Gasteiger partial charge on any atom is -0.370 e. The molecule has 1 unspecified atom stereocenters. The van der Waals surface area contributed by atoms with Crippen molar-refractivity contribution in [3.05, 3.63) is 22.2 Å². The molecule has 0 amide bonds. The van der Waals surface area contributed by atoms with E-state index in [0.717, 1.165) is 17.7 Å². The summed E-state index contributed by atoms with van der Waals surface area (Å²) >= 11 is 6.18. The predicted octanol–water partition coefficient (Wildman–Crippen LogP) is 3.73. The average Bonchev–Trinajstić information content (AvgIpc) is 2.24. The first-order chi connectivity index (χ1) is 8.01. The smallest absolute Gasteiger partial charge is 0.159 e. The van der Waals surface area contributed by atoms with Gasteiger partial charge in [0.05, 0.1) is 0 Å². The topological polar surface area (TPSA) is 35.0 Å². The fraction of sp³-hybridized carbons (Fsp3) is 0.692. The Kier molecular flexibility index (Phi) is 5.34. The summed E-state index contributed by atoms with van der Waals surface area (Å²) in [5.41, 5.74) is 1.97. The third-order valence-electron chi connectivity index (χ3n) is 2.74. The zero-order chi connectivity index (χ0) is 13.0. The lowest BCUT2D eigenvalue weighted by atomic mass is 10.1. The summed E-state index contributed by atoms with van der Waals surface area (Å²) in [5.74, 6) is 1.03. The van der Waals surface area contributed by atoms with Gasteiger partial charge >= 0.3 is 0 Å². The summed E-state index contributed by atoms with van der Waals surface area (Å²) in [5, 5.41) is 0.556. The largest absolute Gasteiger partial charge is 0.370 e. The Balaban J connectivity index is 3.13. The third-order valence-corrected chi connectivity index (χ3v) is 3.05. The second-order valence-corrected chi connectivity index (χ2v) is 4.77. The van der Waals surface area contributed by atoms with Crippen LogP contribution in [0, 0.1) is 12.8 Å². The van der Waals surface area contributed by atoms with Crippen LogP contribution in [0.3, 0.4) is 0 Å². The molecule has 96 valence electrons. The normalized spacial score (nSPS) is 13.1. The van der Waals surface area contributed by atoms with Crippen LogP contribution < -0.4 is 0 Å². The first kappa shape index (κ1) is 14.4. The molecule has 3 nitrogen and oxygen atoms in total. The summed E-state index contributed by atoms with van der Waals surface area (Å²) in [6.45, 7) is 10.9. The van der Waals surface area contributed by atoms with E-state index in [0.29, 0.717) is 23.5 Å². The van der Waals surface area contributed by atoms with E-state index in [1.54, 1.807) is 0 Å². The molecule has 0 bridgehead atoms. The number of nitrogens with zero attached hydrogens (tertiary/aromatic N) is 2. The molecule has 0 saturated heterocycles. The number of hydrogen-bond acceptors (Lipinski definition) is 3. The van der Waals surface area contributed by atoms with E-state index in [1.165, 1.54) is 0 Å². The fourth-order valence-electron chi connectivity index (χ4n) is 1.86. The lowest BCUT2D eigenvalue weighted by Gasteiger charge is -2.20. The van der Waals surface area contributed by atoms with Gasteiger partial charge in [-0.3, -0.25) is 0 Å². The Morgan fingerprint density at radius 2 is 1.88 bits per heavy atom. The Morgan fingerprint density at radius 3 is 2.29 bits per heavy atom. The second-order valence-electron chi connectivity index (χ2n) is 4.41. The highest BCUT2D eigenvalue weighted by Crippen LogP contribution is 2.26. The van der Waals surface area contributed by atoms with Gasteiger partial charge in [0.25, 0.3) is 0 Å². The summed E-state index contributed by atoms with van der Waals surface area (Å²) in [7, 11) is 0. The first-order valence-corrected chi connectivity index (χ1v) is 6.53. The molecule has 4 heteroatoms. The zero-order valence-corrected chi connectivity index (χ0v) is 12.0. The molecule has 17 heavy (non-hydrogen) atoms. The minimum absolute atomic E-state index is 0.0814. The van der Waals surface area contributed by atoms with Gasteiger partial charge in [0, 0.05) is 17.9 Å². The van der Waals surface area contributed by atoms with Crippen LogP contribution in [0.5, 0.6) is 0 Å². The zero-order valence-electron chi connectivity index (χ0n) is 11.2. The van der Waals surface area contributed by atoms with Crippen molar-refractivity contribution in [2.75, 3.05) is 6.61 Å². The maximum atomic E-state index is 6.18. The maximum absolute atomic E-state index is 6.18. The number of aromatic nitrogens is 2. The lowest BCUT2D eigenvalue weighted by molar-refractivity contribution is 0.0230. The molecule has 0 N–H and O–H groups in total. The van der Waals surface area contributed by atoms with Crippen LogP contribution in [-0.2, 0) is 11.2 Å². The Hall–Kier alpha value is -0.670. The van der Waals surface area contributed by atoms with Crippen LogP contribution in [0.1, 0.15) is 50.9 Å². The summed E-state index contributed by atoms with van der Waals surface area (Å²) in [6.07, 6.45) is 0.772. The molecule has 1 atom stereocenters. The van der Waals surface area contributed by atoms with Gasteiger partial charge in [0.15, 0.2) is 5.82 Å². The molecule has 1 rings (SSSR count). The van der Waals surface area contributed by atoms with Gasteiger partial charge in [-0.1, -0.05) is 32.4 Å². The Bertz CT molecular complexity index is 357. The lowest BCUT2D eigenvalue weighted by Crippen LogP contribution is -2.16.